The van der Waals surface area contributed by atoms with Gasteiger partial charge in [-0.05, 0) is 36.4 Å². The van der Waals surface area contributed by atoms with Crippen LogP contribution in [-0.4, -0.2) is 19.5 Å². The predicted molar refractivity (Wildman–Crippen MR) is 83.7 cm³/mol. The molecular weight excluding hydrogens is 330 g/mol. The van der Waals surface area contributed by atoms with Crippen molar-refractivity contribution in [2.75, 3.05) is 0 Å². The van der Waals surface area contributed by atoms with Crippen molar-refractivity contribution in [1.82, 2.24) is 4.72 Å². The van der Waals surface area contributed by atoms with E-state index in [0.29, 0.717) is 12.0 Å². The number of aromatic carboxylic acids is 1. The Morgan fingerprint density at radius 1 is 1.48 bits per heavy atom. The Labute approximate surface area is 131 Å². The van der Waals surface area contributed by atoms with Crippen LogP contribution >= 0.6 is 22.7 Å². The average molecular weight is 345 g/mol. The van der Waals surface area contributed by atoms with E-state index in [1.165, 1.54) is 17.4 Å². The third-order valence-electron chi connectivity index (χ3n) is 2.95. The molecule has 0 bridgehead atoms. The van der Waals surface area contributed by atoms with Crippen LogP contribution in [0.2, 0.25) is 0 Å². The topological polar surface area (TPSA) is 83.5 Å². The van der Waals surface area contributed by atoms with Crippen molar-refractivity contribution in [3.8, 4) is 0 Å². The number of hydrogen-bond acceptors (Lipinski definition) is 5. The highest BCUT2D eigenvalue weighted by atomic mass is 32.2. The van der Waals surface area contributed by atoms with Gasteiger partial charge in [0.05, 0.1) is 6.04 Å². The number of thiophene rings is 2. The molecule has 0 amide bonds. The third kappa shape index (κ3) is 3.52. The van der Waals surface area contributed by atoms with E-state index in [1.54, 1.807) is 6.92 Å². The molecule has 0 fully saturated rings. The summed E-state index contributed by atoms with van der Waals surface area (Å²) in [5.74, 6) is -1.11. The lowest BCUT2D eigenvalue weighted by Gasteiger charge is -2.14. The minimum Gasteiger partial charge on any atom is -0.477 e. The molecule has 5 nitrogen and oxygen atoms in total. The molecule has 0 aromatic carbocycles. The Balaban J connectivity index is 2.30. The lowest BCUT2D eigenvalue weighted by molar-refractivity contribution is 0.0701. The van der Waals surface area contributed by atoms with E-state index in [0.717, 1.165) is 16.2 Å². The second kappa shape index (κ2) is 6.27. The van der Waals surface area contributed by atoms with Crippen LogP contribution in [0.3, 0.4) is 0 Å². The summed E-state index contributed by atoms with van der Waals surface area (Å²) in [4.78, 5) is 12.0. The molecule has 8 heteroatoms. The molecule has 114 valence electrons. The molecule has 2 N–H and O–H groups in total. The van der Waals surface area contributed by atoms with Crippen LogP contribution in [0.1, 0.15) is 39.5 Å². The lowest BCUT2D eigenvalue weighted by atomic mass is 10.2. The fourth-order valence-electron chi connectivity index (χ4n) is 1.88. The fraction of sp³-hybridized carbons (Fsp3) is 0.308. The largest absolute Gasteiger partial charge is 0.477 e. The Morgan fingerprint density at radius 3 is 2.67 bits per heavy atom. The first-order valence-electron chi connectivity index (χ1n) is 6.24. The van der Waals surface area contributed by atoms with E-state index in [9.17, 15) is 13.2 Å². The summed E-state index contributed by atoms with van der Waals surface area (Å²) in [7, 11) is -3.72. The van der Waals surface area contributed by atoms with Gasteiger partial charge in [0.15, 0.2) is 0 Å². The van der Waals surface area contributed by atoms with Gasteiger partial charge in [-0.1, -0.05) is 13.0 Å². The van der Waals surface area contributed by atoms with E-state index in [1.807, 2.05) is 24.4 Å². The molecule has 2 rings (SSSR count). The van der Waals surface area contributed by atoms with Crippen molar-refractivity contribution in [3.63, 3.8) is 0 Å². The van der Waals surface area contributed by atoms with E-state index in [-0.39, 0.29) is 15.1 Å². The van der Waals surface area contributed by atoms with Crippen LogP contribution in [0, 0.1) is 6.92 Å². The smallest absolute Gasteiger partial charge is 0.346 e. The second-order valence-corrected chi connectivity index (χ2v) is 8.45. The Morgan fingerprint density at radius 2 is 2.19 bits per heavy atom. The van der Waals surface area contributed by atoms with E-state index in [2.05, 4.69) is 4.72 Å². The van der Waals surface area contributed by atoms with Crippen molar-refractivity contribution in [2.24, 2.45) is 0 Å². The van der Waals surface area contributed by atoms with Gasteiger partial charge in [-0.15, -0.1) is 22.7 Å². The highest BCUT2D eigenvalue weighted by molar-refractivity contribution is 7.91. The van der Waals surface area contributed by atoms with Gasteiger partial charge in [-0.3, -0.25) is 0 Å². The maximum absolute atomic E-state index is 12.4. The maximum Gasteiger partial charge on any atom is 0.346 e. The normalized spacial score (nSPS) is 13.2. The van der Waals surface area contributed by atoms with Crippen molar-refractivity contribution >= 4 is 38.7 Å². The average Bonchev–Trinajstić information content (AvgIpc) is 3.05. The van der Waals surface area contributed by atoms with Crippen LogP contribution in [-0.2, 0) is 10.0 Å². The maximum atomic E-state index is 12.4. The fourth-order valence-corrected chi connectivity index (χ4v) is 5.50. The molecule has 2 aromatic heterocycles. The number of carboxylic acid groups (broad SMARTS) is 1. The molecule has 1 unspecified atom stereocenters. The van der Waals surface area contributed by atoms with Crippen molar-refractivity contribution in [2.45, 2.75) is 30.5 Å². The lowest BCUT2D eigenvalue weighted by Crippen LogP contribution is -2.27. The molecule has 0 saturated carbocycles. The second-order valence-electron chi connectivity index (χ2n) is 4.48. The van der Waals surface area contributed by atoms with Gasteiger partial charge in [0.2, 0.25) is 0 Å². The molecule has 2 heterocycles. The summed E-state index contributed by atoms with van der Waals surface area (Å²) in [5.41, 5.74) is 0.456. The number of aryl methyl sites for hydroxylation is 1. The summed E-state index contributed by atoms with van der Waals surface area (Å²) < 4.78 is 27.5. The number of nitrogens with one attached hydrogen (secondary N) is 1. The van der Waals surface area contributed by atoms with Gasteiger partial charge in [0.25, 0.3) is 10.0 Å². The minimum atomic E-state index is -3.72. The summed E-state index contributed by atoms with van der Waals surface area (Å²) in [6.45, 7) is 3.49. The van der Waals surface area contributed by atoms with Crippen LogP contribution in [0.5, 0.6) is 0 Å². The summed E-state index contributed by atoms with van der Waals surface area (Å²) >= 11 is 2.26. The molecule has 1 atom stereocenters. The Kier molecular flexibility index (Phi) is 4.82. The summed E-state index contributed by atoms with van der Waals surface area (Å²) in [5, 5.41) is 10.9. The zero-order valence-corrected chi connectivity index (χ0v) is 13.9. The molecule has 0 spiro atoms. The quantitative estimate of drug-likeness (QED) is 0.842. The summed E-state index contributed by atoms with van der Waals surface area (Å²) in [6, 6.07) is 4.85. The van der Waals surface area contributed by atoms with E-state index < -0.39 is 16.0 Å². The Hall–Kier alpha value is -1.22. The third-order valence-corrected chi connectivity index (χ3v) is 7.10. The van der Waals surface area contributed by atoms with Gasteiger partial charge < -0.3 is 5.11 Å². The molecule has 0 radical (unpaired) electrons. The van der Waals surface area contributed by atoms with E-state index >= 15 is 0 Å². The Bertz CT molecular complexity index is 732. The van der Waals surface area contributed by atoms with Gasteiger partial charge in [-0.2, -0.15) is 0 Å². The number of sulfonamides is 1. The first-order chi connectivity index (χ1) is 9.85. The first kappa shape index (κ1) is 16.2. The van der Waals surface area contributed by atoms with E-state index in [4.69, 9.17) is 5.11 Å². The minimum absolute atomic E-state index is 0.0346. The molecule has 0 aliphatic carbocycles. The number of hydrogen-bond donors (Lipinski definition) is 2. The standard InChI is InChI=1S/C13H15NO4S3/c1-3-9(10-5-4-6-19-10)14-21(17,18)11-7-8(2)12(20-11)13(15)16/h4-7,9,14H,3H2,1-2H3,(H,15,16). The monoisotopic (exact) mass is 345 g/mol. The van der Waals surface area contributed by atoms with Gasteiger partial charge in [0.1, 0.15) is 9.09 Å². The molecule has 21 heavy (non-hydrogen) atoms. The number of rotatable bonds is 6. The molecule has 0 saturated heterocycles. The van der Waals surface area contributed by atoms with Crippen LogP contribution in [0.4, 0.5) is 0 Å². The SMILES string of the molecule is CCC(NS(=O)(=O)c1cc(C)c(C(=O)O)s1)c1cccs1. The zero-order chi connectivity index (χ0) is 15.6. The van der Waals surface area contributed by atoms with Crippen molar-refractivity contribution < 1.29 is 18.3 Å². The highest BCUT2D eigenvalue weighted by Gasteiger charge is 2.25. The van der Waals surface area contributed by atoms with Crippen molar-refractivity contribution in [3.05, 3.63) is 38.9 Å². The van der Waals surface area contributed by atoms with Crippen LogP contribution in [0.15, 0.2) is 27.8 Å². The molecule has 0 aliphatic rings. The number of carbonyl (C=O) groups is 1. The summed E-state index contributed by atoms with van der Waals surface area (Å²) in [6.07, 6.45) is 0.621. The van der Waals surface area contributed by atoms with Crippen LogP contribution < -0.4 is 4.72 Å². The molecule has 2 aromatic rings. The number of carboxylic acids is 1. The first-order valence-corrected chi connectivity index (χ1v) is 9.42. The van der Waals surface area contributed by atoms with Gasteiger partial charge in [0, 0.05) is 4.88 Å². The van der Waals surface area contributed by atoms with Crippen molar-refractivity contribution in [1.29, 1.82) is 0 Å². The highest BCUT2D eigenvalue weighted by Crippen LogP contribution is 2.29. The van der Waals surface area contributed by atoms with Gasteiger partial charge >= 0.3 is 5.97 Å². The zero-order valence-electron chi connectivity index (χ0n) is 11.5. The van der Waals surface area contributed by atoms with Crippen LogP contribution in [0.25, 0.3) is 0 Å². The predicted octanol–water partition coefficient (Wildman–Crippen LogP) is 3.25. The molecular formula is C13H15NO4S3. The molecule has 0 aliphatic heterocycles. The van der Waals surface area contributed by atoms with Gasteiger partial charge in [-0.25, -0.2) is 17.9 Å².